The van der Waals surface area contributed by atoms with Crippen LogP contribution >= 0.6 is 0 Å². The van der Waals surface area contributed by atoms with E-state index in [1.807, 2.05) is 0 Å². The van der Waals surface area contributed by atoms with Gasteiger partial charge in [0.2, 0.25) is 11.9 Å². The van der Waals surface area contributed by atoms with Crippen LogP contribution in [0, 0.1) is 0 Å². The van der Waals surface area contributed by atoms with E-state index in [9.17, 15) is 15.1 Å². The van der Waals surface area contributed by atoms with Gasteiger partial charge >= 0.3 is 0 Å². The fourth-order valence-corrected chi connectivity index (χ4v) is 12.8. The number of hydrogen-bond donors (Lipinski definition) is 0. The highest BCUT2D eigenvalue weighted by Crippen LogP contribution is 2.45. The van der Waals surface area contributed by atoms with Crippen molar-refractivity contribution in [1.82, 2.24) is 39.0 Å². The summed E-state index contributed by atoms with van der Waals surface area (Å²) in [6.07, 6.45) is 0. The van der Waals surface area contributed by atoms with Gasteiger partial charge in [-0.2, -0.15) is 19.9 Å². The number of aromatic nitrogens is 8. The Balaban J connectivity index is 0.000000165. The van der Waals surface area contributed by atoms with Gasteiger partial charge in [0, 0.05) is 76.1 Å². The lowest BCUT2D eigenvalue weighted by molar-refractivity contribution is 0.668. The highest BCUT2D eigenvalue weighted by molar-refractivity contribution is 6.25. The predicted molar refractivity (Wildman–Crippen MR) is 410 cm³/mol. The molecule has 0 spiro atoms. The fourth-order valence-electron chi connectivity index (χ4n) is 12.8. The quantitative estimate of drug-likeness (QED) is 0.144. The molecule has 22 aromatic rings. The van der Waals surface area contributed by atoms with Gasteiger partial charge in [-0.05, 0) is 107 Å². The summed E-state index contributed by atoms with van der Waals surface area (Å²) < 4.78 is 344. The first-order chi connectivity index (χ1) is 65.5. The molecule has 14 aromatic carbocycles. The zero-order valence-corrected chi connectivity index (χ0v) is 51.4. The molecule has 0 aliphatic rings. The summed E-state index contributed by atoms with van der Waals surface area (Å²) in [5.74, 6) is -1.27. The molecule has 0 aliphatic carbocycles. The van der Waals surface area contributed by atoms with Crippen molar-refractivity contribution in [3.8, 4) is 79.7 Å². The standard InChI is InChI=1S/2C45H26N4O2/c2*1-3-12-27(13-4-1)30-18-11-21-38-40(30)34-23-22-29(26-39(34)50-38)44-46-43(28-14-5-2-6-15-28)47-45(48-44)49-35-19-9-7-17-33(35)41-36(49)25-24-32-31-16-8-10-20-37(31)51-42(32)41/h2*1-26H/i1D,3D,4D,7D,8D,9D,10D,11D,12D,13D,16D,17D,18D,19D,20D,21D,22D,23D,24D,25D,26D;1D,3D,4D,7D,8D,9D,10D,12D,13D,16D,17D,19D,20D,24D,25D. The minimum atomic E-state index is -0.782. The lowest BCUT2D eigenvalue weighted by atomic mass is 9.99. The first-order valence-corrected chi connectivity index (χ1v) is 31.0. The molecule has 8 heterocycles. The molecule has 22 rings (SSSR count). The Morgan fingerprint density at radius 2 is 0.725 bits per heavy atom. The summed E-state index contributed by atoms with van der Waals surface area (Å²) in [5.41, 5.74) is -2.58. The van der Waals surface area contributed by atoms with Gasteiger partial charge in [0.1, 0.15) is 44.7 Å². The Kier molecular flexibility index (Phi) is 7.15. The predicted octanol–water partition coefficient (Wildman–Crippen LogP) is 23.5. The van der Waals surface area contributed by atoms with Crippen molar-refractivity contribution in [2.24, 2.45) is 0 Å². The van der Waals surface area contributed by atoms with Crippen LogP contribution in [0.1, 0.15) is 49.3 Å². The molecule has 0 saturated carbocycles. The maximum absolute atomic E-state index is 9.60. The summed E-state index contributed by atoms with van der Waals surface area (Å²) in [6, 6.07) is 4.31. The van der Waals surface area contributed by atoms with Crippen LogP contribution in [0.25, 0.3) is 211 Å². The molecule has 0 atom stereocenters. The average molecular weight is 1350 g/mol. The number of fused-ring (bicyclic) bond motifs is 20. The largest absolute Gasteiger partial charge is 0.456 e. The Hall–Kier alpha value is -14.1. The van der Waals surface area contributed by atoms with Crippen LogP contribution in [0.4, 0.5) is 0 Å². The third-order valence-electron chi connectivity index (χ3n) is 17.2. The van der Waals surface area contributed by atoms with Crippen molar-refractivity contribution >= 4 is 131 Å². The zero-order chi connectivity index (χ0) is 98.3. The van der Waals surface area contributed by atoms with Crippen molar-refractivity contribution in [2.45, 2.75) is 0 Å². The highest BCUT2D eigenvalue weighted by Gasteiger charge is 2.26. The van der Waals surface area contributed by atoms with Crippen molar-refractivity contribution in [3.05, 3.63) is 315 Å². The van der Waals surface area contributed by atoms with Crippen LogP contribution in [0.3, 0.4) is 0 Å². The first-order valence-electron chi connectivity index (χ1n) is 49.0. The van der Waals surface area contributed by atoms with Gasteiger partial charge in [-0.3, -0.25) is 9.13 Å². The van der Waals surface area contributed by atoms with Gasteiger partial charge < -0.3 is 17.7 Å². The molecular formula is C90H52N8O4. The molecule has 0 saturated heterocycles. The molecule has 0 aliphatic heterocycles. The lowest BCUT2D eigenvalue weighted by Crippen LogP contribution is -2.06. The Bertz CT molecular complexity index is 9390. The van der Waals surface area contributed by atoms with E-state index in [2.05, 4.69) is 9.97 Å². The maximum Gasteiger partial charge on any atom is 0.238 e. The molecule has 476 valence electrons. The van der Waals surface area contributed by atoms with Gasteiger partial charge in [-0.25, -0.2) is 9.97 Å². The normalized spacial score (nSPS) is 16.9. The van der Waals surface area contributed by atoms with Gasteiger partial charge in [-0.15, -0.1) is 0 Å². The van der Waals surface area contributed by atoms with Gasteiger partial charge in [0.25, 0.3) is 0 Å². The van der Waals surface area contributed by atoms with E-state index in [-0.39, 0.29) is 139 Å². The van der Waals surface area contributed by atoms with E-state index in [1.54, 1.807) is 97.1 Å². The topological polar surface area (TPSA) is 140 Å². The number of furan rings is 4. The Morgan fingerprint density at radius 3 is 1.31 bits per heavy atom. The van der Waals surface area contributed by atoms with Gasteiger partial charge in [0.15, 0.2) is 23.3 Å². The first kappa shape index (κ1) is 32.1. The average Bonchev–Trinajstić information content (AvgIpc) is 1.53. The lowest BCUT2D eigenvalue weighted by Gasteiger charge is -2.11. The van der Waals surface area contributed by atoms with Crippen LogP contribution < -0.4 is 0 Å². The molecule has 0 fully saturated rings. The van der Waals surface area contributed by atoms with Crippen molar-refractivity contribution in [3.63, 3.8) is 0 Å². The summed E-state index contributed by atoms with van der Waals surface area (Å²) in [7, 11) is 0. The summed E-state index contributed by atoms with van der Waals surface area (Å²) >= 11 is 0. The van der Waals surface area contributed by atoms with Crippen LogP contribution in [0.2, 0.25) is 0 Å². The molecular weight excluding hydrogens is 1260 g/mol. The summed E-state index contributed by atoms with van der Waals surface area (Å²) in [4.78, 5) is 28.5. The number of rotatable bonds is 8. The Labute approximate surface area is 630 Å². The van der Waals surface area contributed by atoms with Crippen LogP contribution in [0.15, 0.2) is 332 Å². The van der Waals surface area contributed by atoms with Crippen LogP contribution in [0.5, 0.6) is 0 Å². The molecule has 8 aromatic heterocycles. The minimum Gasteiger partial charge on any atom is -0.456 e. The monoisotopic (exact) mass is 1340 g/mol. The van der Waals surface area contributed by atoms with E-state index >= 15 is 0 Å². The number of para-hydroxylation sites is 4. The number of nitrogens with zero attached hydrogens (tertiary/aromatic N) is 8. The Morgan fingerprint density at radius 1 is 0.245 bits per heavy atom. The summed E-state index contributed by atoms with van der Waals surface area (Å²) in [6.45, 7) is 0. The van der Waals surface area contributed by atoms with E-state index in [1.165, 1.54) is 4.57 Å². The van der Waals surface area contributed by atoms with E-state index in [4.69, 9.17) is 71.9 Å². The van der Waals surface area contributed by atoms with Gasteiger partial charge in [-0.1, -0.05) is 230 Å². The summed E-state index contributed by atoms with van der Waals surface area (Å²) in [5, 5.41) is -1.19. The van der Waals surface area contributed by atoms with E-state index in [0.29, 0.717) is 44.2 Å². The van der Waals surface area contributed by atoms with Crippen molar-refractivity contribution < 1.29 is 67.0 Å². The number of benzene rings is 14. The molecule has 0 bridgehead atoms. The molecule has 0 radical (unpaired) electrons. The fraction of sp³-hybridized carbons (Fsp3) is 0. The van der Waals surface area contributed by atoms with Crippen molar-refractivity contribution in [2.75, 3.05) is 0 Å². The van der Waals surface area contributed by atoms with Gasteiger partial charge in [0.05, 0.1) is 82.2 Å². The second kappa shape index (κ2) is 22.7. The molecule has 12 nitrogen and oxygen atoms in total. The highest BCUT2D eigenvalue weighted by atomic mass is 16.3. The van der Waals surface area contributed by atoms with Crippen molar-refractivity contribution in [1.29, 1.82) is 0 Å². The molecule has 0 amide bonds. The smallest absolute Gasteiger partial charge is 0.238 e. The third-order valence-corrected chi connectivity index (χ3v) is 17.2. The maximum atomic E-state index is 9.60. The van der Waals surface area contributed by atoms with Crippen LogP contribution in [-0.4, -0.2) is 39.0 Å². The number of hydrogen-bond acceptors (Lipinski definition) is 10. The second-order valence-corrected chi connectivity index (χ2v) is 22.9. The second-order valence-electron chi connectivity index (χ2n) is 22.9. The van der Waals surface area contributed by atoms with E-state index < -0.39 is 245 Å². The SMILES string of the molecule is [2H]c1c([2H])c([2H])c(-c2c([2H])c([2H])c([2H])c3oc4c([2H])c(-c5nc(-c6ccccc6)nc(-n6c7c([2H])c([2H])c([2H])c([2H])c7c7c8oc9c([2H])c([2H])c([2H])c([2H])c9c8c([2H])c([2H])c76)n5)c([2H])c([2H])c4c23)c([2H])c1[2H].[2H]c1c([2H])c([2H])c(-c2cccc3oc4cc(-c5nc(-c6ccccc6)nc(-n6c7c([2H])c([2H])c([2H])c([2H])c7c7c8oc9c([2H])c([2H])c([2H])c([2H])c9c8c([2H])c([2H])c76)n5)ccc4c23)c([2H])c1[2H]. The zero-order valence-electron chi connectivity index (χ0n) is 87.4. The van der Waals surface area contributed by atoms with Crippen LogP contribution in [-0.2, 0) is 0 Å². The third kappa shape index (κ3) is 9.03. The molecule has 102 heavy (non-hydrogen) atoms. The van der Waals surface area contributed by atoms with E-state index in [0.717, 1.165) is 4.57 Å². The molecule has 12 heteroatoms. The minimum absolute atomic E-state index is 0.00390. The molecule has 0 unspecified atom stereocenters. The molecule has 0 N–H and O–H groups in total.